The van der Waals surface area contributed by atoms with Crippen LogP contribution in [0.25, 0.3) is 0 Å². The van der Waals surface area contributed by atoms with Crippen LogP contribution in [0.3, 0.4) is 0 Å². The van der Waals surface area contributed by atoms with E-state index in [9.17, 15) is 4.79 Å². The van der Waals surface area contributed by atoms with Gasteiger partial charge in [-0.05, 0) is 31.2 Å². The molecular formula is C14H20O2. The predicted molar refractivity (Wildman–Crippen MR) is 65.7 cm³/mol. The molecule has 1 aromatic rings. The largest absolute Gasteiger partial charge is 0.481 e. The number of rotatable bonds is 4. The highest BCUT2D eigenvalue weighted by Gasteiger charge is 2.19. The Morgan fingerprint density at radius 1 is 1.19 bits per heavy atom. The van der Waals surface area contributed by atoms with Crippen LogP contribution in [0.5, 0.6) is 0 Å². The summed E-state index contributed by atoms with van der Waals surface area (Å²) in [6, 6.07) is 6.31. The second kappa shape index (κ2) is 5.15. The first-order valence-electron chi connectivity index (χ1n) is 5.70. The highest BCUT2D eigenvalue weighted by atomic mass is 16.4. The fraction of sp³-hybridized carbons (Fsp3) is 0.500. The molecule has 0 radical (unpaired) electrons. The van der Waals surface area contributed by atoms with Crippen LogP contribution in [-0.4, -0.2) is 11.1 Å². The van der Waals surface area contributed by atoms with E-state index in [0.717, 1.165) is 5.56 Å². The zero-order valence-corrected chi connectivity index (χ0v) is 10.4. The van der Waals surface area contributed by atoms with Crippen molar-refractivity contribution in [2.45, 2.75) is 40.0 Å². The molecule has 0 saturated heterocycles. The maximum atomic E-state index is 10.9. The smallest absolute Gasteiger partial charge is 0.303 e. The second-order valence-corrected chi connectivity index (χ2v) is 4.87. The molecule has 0 aromatic heterocycles. The Bertz CT molecular complexity index is 360. The maximum absolute atomic E-state index is 10.9. The molecule has 88 valence electrons. The number of aliphatic carboxylic acids is 1. The lowest BCUT2D eigenvalue weighted by molar-refractivity contribution is -0.137. The average molecular weight is 220 g/mol. The van der Waals surface area contributed by atoms with E-state index in [2.05, 4.69) is 45.9 Å². The number of hydrogen-bond donors (Lipinski definition) is 1. The summed E-state index contributed by atoms with van der Waals surface area (Å²) in [5.74, 6) is -0.272. The molecule has 0 heterocycles. The van der Waals surface area contributed by atoms with E-state index in [4.69, 9.17) is 5.11 Å². The minimum absolute atomic E-state index is 0.107. The molecule has 2 heteroatoms. The molecule has 0 bridgehead atoms. The minimum Gasteiger partial charge on any atom is -0.481 e. The van der Waals surface area contributed by atoms with E-state index in [1.165, 1.54) is 11.1 Å². The molecule has 0 aliphatic heterocycles. The van der Waals surface area contributed by atoms with Crippen LogP contribution in [0.2, 0.25) is 0 Å². The van der Waals surface area contributed by atoms with E-state index in [1.807, 2.05) is 0 Å². The molecule has 0 aliphatic carbocycles. The molecule has 1 aromatic carbocycles. The van der Waals surface area contributed by atoms with Gasteiger partial charge in [0.15, 0.2) is 0 Å². The SMILES string of the molecule is Cc1cc(C)cc(C(CC(=O)O)C(C)C)c1. The molecule has 2 nitrogen and oxygen atoms in total. The van der Waals surface area contributed by atoms with Crippen LogP contribution >= 0.6 is 0 Å². The Morgan fingerprint density at radius 3 is 2.06 bits per heavy atom. The Labute approximate surface area is 97.3 Å². The van der Waals surface area contributed by atoms with Gasteiger partial charge in [-0.3, -0.25) is 4.79 Å². The molecule has 1 unspecified atom stereocenters. The second-order valence-electron chi connectivity index (χ2n) is 4.87. The third-order valence-electron chi connectivity index (χ3n) is 2.87. The van der Waals surface area contributed by atoms with Crippen molar-refractivity contribution in [3.8, 4) is 0 Å². The lowest BCUT2D eigenvalue weighted by Gasteiger charge is -2.20. The summed E-state index contributed by atoms with van der Waals surface area (Å²) in [6.45, 7) is 8.25. The quantitative estimate of drug-likeness (QED) is 0.843. The van der Waals surface area contributed by atoms with E-state index in [0.29, 0.717) is 5.92 Å². The van der Waals surface area contributed by atoms with Gasteiger partial charge in [-0.25, -0.2) is 0 Å². The van der Waals surface area contributed by atoms with Gasteiger partial charge in [-0.2, -0.15) is 0 Å². The molecule has 1 atom stereocenters. The van der Waals surface area contributed by atoms with Crippen molar-refractivity contribution in [2.24, 2.45) is 5.92 Å². The van der Waals surface area contributed by atoms with Crippen LogP contribution in [0, 0.1) is 19.8 Å². The van der Waals surface area contributed by atoms with Crippen LogP contribution in [0.1, 0.15) is 42.9 Å². The van der Waals surface area contributed by atoms with Crippen molar-refractivity contribution < 1.29 is 9.90 Å². The lowest BCUT2D eigenvalue weighted by atomic mass is 9.84. The number of carboxylic acid groups (broad SMARTS) is 1. The Hall–Kier alpha value is -1.31. The van der Waals surface area contributed by atoms with Crippen molar-refractivity contribution in [3.63, 3.8) is 0 Å². The van der Waals surface area contributed by atoms with E-state index < -0.39 is 5.97 Å². The Kier molecular flexibility index (Phi) is 4.11. The van der Waals surface area contributed by atoms with E-state index >= 15 is 0 Å². The van der Waals surface area contributed by atoms with Gasteiger partial charge in [-0.1, -0.05) is 43.2 Å². The van der Waals surface area contributed by atoms with E-state index in [1.54, 1.807) is 0 Å². The third kappa shape index (κ3) is 3.37. The molecule has 16 heavy (non-hydrogen) atoms. The summed E-state index contributed by atoms with van der Waals surface area (Å²) in [5, 5.41) is 8.93. The lowest BCUT2D eigenvalue weighted by Crippen LogP contribution is -2.12. The van der Waals surface area contributed by atoms with Gasteiger partial charge in [0, 0.05) is 0 Å². The molecule has 0 amide bonds. The number of carbonyl (C=O) groups is 1. The predicted octanol–water partition coefficient (Wildman–Crippen LogP) is 3.52. The first kappa shape index (κ1) is 12.8. The number of hydrogen-bond acceptors (Lipinski definition) is 1. The maximum Gasteiger partial charge on any atom is 0.303 e. The normalized spacial score (nSPS) is 12.8. The number of aryl methyl sites for hydroxylation is 2. The van der Waals surface area contributed by atoms with Crippen molar-refractivity contribution in [2.75, 3.05) is 0 Å². The minimum atomic E-state index is -0.724. The summed E-state index contributed by atoms with van der Waals surface area (Å²) < 4.78 is 0. The third-order valence-corrected chi connectivity index (χ3v) is 2.87. The van der Waals surface area contributed by atoms with Crippen molar-refractivity contribution >= 4 is 5.97 Å². The molecule has 0 aliphatic rings. The van der Waals surface area contributed by atoms with Gasteiger partial charge < -0.3 is 5.11 Å². The van der Waals surface area contributed by atoms with Gasteiger partial charge in [0.1, 0.15) is 0 Å². The zero-order valence-electron chi connectivity index (χ0n) is 10.4. The van der Waals surface area contributed by atoms with E-state index in [-0.39, 0.29) is 12.3 Å². The molecule has 0 saturated carbocycles. The Morgan fingerprint density at radius 2 is 1.69 bits per heavy atom. The fourth-order valence-electron chi connectivity index (χ4n) is 2.15. The van der Waals surface area contributed by atoms with Crippen molar-refractivity contribution in [3.05, 3.63) is 34.9 Å². The van der Waals surface area contributed by atoms with Crippen molar-refractivity contribution in [1.29, 1.82) is 0 Å². The highest BCUT2D eigenvalue weighted by Crippen LogP contribution is 2.29. The summed E-state index contributed by atoms with van der Waals surface area (Å²) in [5.41, 5.74) is 3.55. The van der Waals surface area contributed by atoms with Gasteiger partial charge in [0.05, 0.1) is 6.42 Å². The van der Waals surface area contributed by atoms with Gasteiger partial charge >= 0.3 is 5.97 Å². The summed E-state index contributed by atoms with van der Waals surface area (Å²) in [7, 11) is 0. The average Bonchev–Trinajstić information content (AvgIpc) is 2.11. The summed E-state index contributed by atoms with van der Waals surface area (Å²) in [6.07, 6.45) is 0.209. The molecule has 0 fully saturated rings. The molecular weight excluding hydrogens is 200 g/mol. The van der Waals surface area contributed by atoms with Crippen LogP contribution in [-0.2, 0) is 4.79 Å². The first-order valence-corrected chi connectivity index (χ1v) is 5.70. The monoisotopic (exact) mass is 220 g/mol. The topological polar surface area (TPSA) is 37.3 Å². The van der Waals surface area contributed by atoms with Gasteiger partial charge in [0.25, 0.3) is 0 Å². The van der Waals surface area contributed by atoms with Gasteiger partial charge in [-0.15, -0.1) is 0 Å². The highest BCUT2D eigenvalue weighted by molar-refractivity contribution is 5.68. The summed E-state index contributed by atoms with van der Waals surface area (Å²) in [4.78, 5) is 10.9. The standard InChI is InChI=1S/C14H20O2/c1-9(2)13(8-14(15)16)12-6-10(3)5-11(4)7-12/h5-7,9,13H,8H2,1-4H3,(H,15,16). The van der Waals surface area contributed by atoms with Gasteiger partial charge in [0.2, 0.25) is 0 Å². The number of benzene rings is 1. The fourth-order valence-corrected chi connectivity index (χ4v) is 2.15. The first-order chi connectivity index (χ1) is 7.40. The van der Waals surface area contributed by atoms with Crippen LogP contribution < -0.4 is 0 Å². The molecule has 0 spiro atoms. The number of carboxylic acids is 1. The molecule has 1 rings (SSSR count). The summed E-state index contributed by atoms with van der Waals surface area (Å²) >= 11 is 0. The zero-order chi connectivity index (χ0) is 12.3. The van der Waals surface area contributed by atoms with Crippen LogP contribution in [0.4, 0.5) is 0 Å². The molecule has 1 N–H and O–H groups in total. The Balaban J connectivity index is 3.05. The van der Waals surface area contributed by atoms with Crippen LogP contribution in [0.15, 0.2) is 18.2 Å². The van der Waals surface area contributed by atoms with Crippen molar-refractivity contribution in [1.82, 2.24) is 0 Å².